The summed E-state index contributed by atoms with van der Waals surface area (Å²) >= 11 is 0. The van der Waals surface area contributed by atoms with Crippen LogP contribution in [0.2, 0.25) is 0 Å². The number of ether oxygens (including phenoxy) is 1. The van der Waals surface area contributed by atoms with Crippen LogP contribution in [0.3, 0.4) is 0 Å². The SMILES string of the molecule is O=C1C[C@H]2CCC[C@@H](c3ccccc3)[C@]2(O)O1. The highest BCUT2D eigenvalue weighted by atomic mass is 16.7. The molecule has 3 nitrogen and oxygen atoms in total. The zero-order valence-corrected chi connectivity index (χ0v) is 9.63. The Morgan fingerprint density at radius 3 is 2.76 bits per heavy atom. The van der Waals surface area contributed by atoms with Crippen LogP contribution in [0.15, 0.2) is 30.3 Å². The third-order valence-corrected chi connectivity index (χ3v) is 4.02. The fourth-order valence-corrected chi connectivity index (χ4v) is 3.19. The second-order valence-corrected chi connectivity index (χ2v) is 5.02. The normalized spacial score (nSPS) is 36.4. The number of hydrogen-bond acceptors (Lipinski definition) is 3. The molecule has 1 aromatic rings. The molecule has 1 aliphatic carbocycles. The van der Waals surface area contributed by atoms with Gasteiger partial charge in [0.1, 0.15) is 0 Å². The average Bonchev–Trinajstić information content (AvgIpc) is 2.63. The summed E-state index contributed by atoms with van der Waals surface area (Å²) in [5.74, 6) is -1.64. The van der Waals surface area contributed by atoms with E-state index in [-0.39, 0.29) is 17.8 Å². The van der Waals surface area contributed by atoms with E-state index in [2.05, 4.69) is 0 Å². The quantitative estimate of drug-likeness (QED) is 0.755. The minimum Gasteiger partial charge on any atom is -0.432 e. The number of benzene rings is 1. The second-order valence-electron chi connectivity index (χ2n) is 5.02. The second kappa shape index (κ2) is 3.84. The molecule has 90 valence electrons. The van der Waals surface area contributed by atoms with Crippen molar-refractivity contribution in [2.45, 2.75) is 37.4 Å². The summed E-state index contributed by atoms with van der Waals surface area (Å²) in [7, 11) is 0. The molecule has 0 bridgehead atoms. The largest absolute Gasteiger partial charge is 0.432 e. The molecule has 3 heteroatoms. The third-order valence-electron chi connectivity index (χ3n) is 4.02. The summed E-state index contributed by atoms with van der Waals surface area (Å²) in [4.78, 5) is 11.4. The number of fused-ring (bicyclic) bond motifs is 1. The van der Waals surface area contributed by atoms with Crippen LogP contribution >= 0.6 is 0 Å². The van der Waals surface area contributed by atoms with Gasteiger partial charge >= 0.3 is 5.97 Å². The van der Waals surface area contributed by atoms with E-state index in [1.54, 1.807) is 0 Å². The Morgan fingerprint density at radius 2 is 2.00 bits per heavy atom. The average molecular weight is 232 g/mol. The van der Waals surface area contributed by atoms with Crippen LogP contribution in [-0.2, 0) is 9.53 Å². The molecule has 17 heavy (non-hydrogen) atoms. The first-order valence-corrected chi connectivity index (χ1v) is 6.19. The van der Waals surface area contributed by atoms with Crippen LogP contribution in [0.5, 0.6) is 0 Å². The lowest BCUT2D eigenvalue weighted by atomic mass is 9.73. The molecule has 1 heterocycles. The molecule has 0 spiro atoms. The van der Waals surface area contributed by atoms with Crippen LogP contribution in [0, 0.1) is 5.92 Å². The minimum atomic E-state index is -1.27. The molecule has 1 aliphatic heterocycles. The molecule has 0 aromatic heterocycles. The maximum atomic E-state index is 11.4. The van der Waals surface area contributed by atoms with Crippen LogP contribution < -0.4 is 0 Å². The van der Waals surface area contributed by atoms with Crippen molar-refractivity contribution >= 4 is 5.97 Å². The lowest BCUT2D eigenvalue weighted by Gasteiger charge is -2.39. The van der Waals surface area contributed by atoms with Gasteiger partial charge in [0.25, 0.3) is 0 Å². The Balaban J connectivity index is 1.97. The van der Waals surface area contributed by atoms with Crippen molar-refractivity contribution in [1.29, 1.82) is 0 Å². The van der Waals surface area contributed by atoms with E-state index in [0.29, 0.717) is 6.42 Å². The molecule has 1 aromatic carbocycles. The minimum absolute atomic E-state index is 0.0334. The maximum Gasteiger partial charge on any atom is 0.308 e. The van der Waals surface area contributed by atoms with E-state index in [0.717, 1.165) is 24.8 Å². The Kier molecular flexibility index (Phi) is 2.44. The third kappa shape index (κ3) is 1.65. The number of aliphatic hydroxyl groups is 1. The molecule has 3 rings (SSSR count). The Hall–Kier alpha value is -1.35. The van der Waals surface area contributed by atoms with Crippen molar-refractivity contribution < 1.29 is 14.6 Å². The van der Waals surface area contributed by atoms with Crippen molar-refractivity contribution in [3.05, 3.63) is 35.9 Å². The summed E-state index contributed by atoms with van der Waals surface area (Å²) in [6.07, 6.45) is 3.17. The van der Waals surface area contributed by atoms with Crippen molar-refractivity contribution in [3.63, 3.8) is 0 Å². The van der Waals surface area contributed by atoms with Gasteiger partial charge in [-0.15, -0.1) is 0 Å². The van der Waals surface area contributed by atoms with Gasteiger partial charge in [0, 0.05) is 11.8 Å². The van der Waals surface area contributed by atoms with E-state index in [4.69, 9.17) is 4.74 Å². The lowest BCUT2D eigenvalue weighted by molar-refractivity contribution is -0.221. The van der Waals surface area contributed by atoms with E-state index in [1.165, 1.54) is 0 Å². The van der Waals surface area contributed by atoms with Crippen molar-refractivity contribution in [1.82, 2.24) is 0 Å². The van der Waals surface area contributed by atoms with Crippen LogP contribution in [0.25, 0.3) is 0 Å². The van der Waals surface area contributed by atoms with Crippen LogP contribution in [0.1, 0.15) is 37.2 Å². The van der Waals surface area contributed by atoms with E-state index >= 15 is 0 Å². The van der Waals surface area contributed by atoms with Crippen LogP contribution in [0.4, 0.5) is 0 Å². The predicted molar refractivity (Wildman–Crippen MR) is 62.2 cm³/mol. The summed E-state index contributed by atoms with van der Waals surface area (Å²) in [5.41, 5.74) is 1.06. The predicted octanol–water partition coefficient (Wildman–Crippen LogP) is 2.21. The van der Waals surface area contributed by atoms with Gasteiger partial charge < -0.3 is 9.84 Å². The van der Waals surface area contributed by atoms with Crippen molar-refractivity contribution in [3.8, 4) is 0 Å². The molecule has 2 aliphatic rings. The summed E-state index contributed by atoms with van der Waals surface area (Å²) in [6, 6.07) is 9.86. The number of rotatable bonds is 1. The monoisotopic (exact) mass is 232 g/mol. The summed E-state index contributed by atoms with van der Waals surface area (Å²) in [6.45, 7) is 0. The fourth-order valence-electron chi connectivity index (χ4n) is 3.19. The van der Waals surface area contributed by atoms with E-state index < -0.39 is 5.79 Å². The zero-order chi connectivity index (χ0) is 11.9. The smallest absolute Gasteiger partial charge is 0.308 e. The maximum absolute atomic E-state index is 11.4. The highest BCUT2D eigenvalue weighted by molar-refractivity contribution is 5.73. The first kappa shape index (κ1) is 10.8. The molecule has 2 fully saturated rings. The van der Waals surface area contributed by atoms with Gasteiger partial charge in [-0.2, -0.15) is 0 Å². The van der Waals surface area contributed by atoms with Crippen molar-refractivity contribution in [2.75, 3.05) is 0 Å². The van der Waals surface area contributed by atoms with Gasteiger partial charge in [-0.1, -0.05) is 36.8 Å². The number of carbonyl (C=O) groups is 1. The Bertz CT molecular complexity index is 428. The molecule has 0 radical (unpaired) electrons. The summed E-state index contributed by atoms with van der Waals surface area (Å²) < 4.78 is 5.24. The number of hydrogen-bond donors (Lipinski definition) is 1. The Labute approximate surface area is 100 Å². The van der Waals surface area contributed by atoms with Gasteiger partial charge in [0.2, 0.25) is 5.79 Å². The van der Waals surface area contributed by atoms with Crippen molar-refractivity contribution in [2.24, 2.45) is 5.92 Å². The standard InChI is InChI=1S/C14H16O3/c15-13-9-11-7-4-8-12(14(11,16)17-13)10-5-2-1-3-6-10/h1-3,5-6,11-12,16H,4,7-9H2/t11-,12+,14-/m1/s1. The highest BCUT2D eigenvalue weighted by Crippen LogP contribution is 2.49. The van der Waals surface area contributed by atoms with Gasteiger partial charge in [-0.3, -0.25) is 4.79 Å². The number of esters is 1. The molecule has 0 unspecified atom stereocenters. The molecular weight excluding hydrogens is 216 g/mol. The molecular formula is C14H16O3. The lowest BCUT2D eigenvalue weighted by Crippen LogP contribution is -2.44. The molecule has 0 amide bonds. The molecule has 3 atom stereocenters. The molecule has 1 saturated heterocycles. The Morgan fingerprint density at radius 1 is 1.24 bits per heavy atom. The van der Waals surface area contributed by atoms with E-state index in [9.17, 15) is 9.90 Å². The van der Waals surface area contributed by atoms with Gasteiger partial charge in [-0.25, -0.2) is 0 Å². The molecule has 1 saturated carbocycles. The summed E-state index contributed by atoms with van der Waals surface area (Å²) in [5, 5.41) is 10.7. The fraction of sp³-hybridized carbons (Fsp3) is 0.500. The van der Waals surface area contributed by atoms with Gasteiger partial charge in [0.05, 0.1) is 6.42 Å². The first-order chi connectivity index (χ1) is 8.20. The van der Waals surface area contributed by atoms with Gasteiger partial charge in [0.15, 0.2) is 0 Å². The van der Waals surface area contributed by atoms with Crippen LogP contribution in [-0.4, -0.2) is 16.9 Å². The van der Waals surface area contributed by atoms with E-state index in [1.807, 2.05) is 30.3 Å². The topological polar surface area (TPSA) is 46.5 Å². The molecule has 1 N–H and O–H groups in total. The number of carbonyl (C=O) groups excluding carboxylic acids is 1. The first-order valence-electron chi connectivity index (χ1n) is 6.19. The van der Waals surface area contributed by atoms with Gasteiger partial charge in [-0.05, 0) is 18.4 Å². The highest BCUT2D eigenvalue weighted by Gasteiger charge is 2.55. The zero-order valence-electron chi connectivity index (χ0n) is 9.63.